The summed E-state index contributed by atoms with van der Waals surface area (Å²) in [6, 6.07) is 6.68. The van der Waals surface area contributed by atoms with Gasteiger partial charge in [-0.25, -0.2) is 0 Å². The molecular weight excluding hydrogens is 332 g/mol. The van der Waals surface area contributed by atoms with Crippen LogP contribution in [0.2, 0.25) is 0 Å². The Morgan fingerprint density at radius 2 is 2.05 bits per heavy atom. The van der Waals surface area contributed by atoms with Gasteiger partial charge in [-0.05, 0) is 56.7 Å². The molecule has 0 aromatic heterocycles. The van der Waals surface area contributed by atoms with Crippen molar-refractivity contribution >= 4 is 33.4 Å². The molecule has 1 fully saturated rings. The van der Waals surface area contributed by atoms with Crippen LogP contribution in [0.1, 0.15) is 32.8 Å². The molecule has 0 bridgehead atoms. The van der Waals surface area contributed by atoms with Crippen LogP contribution in [0, 0.1) is 0 Å². The minimum absolute atomic E-state index is 0.147. The SMILES string of the molecule is CC(C)(C)NCc1cc(Br)ccc1N1CCCSCC1. The Morgan fingerprint density at radius 1 is 1.25 bits per heavy atom. The smallest absolute Gasteiger partial charge is 0.0412 e. The molecule has 4 heteroatoms. The molecule has 0 spiro atoms. The number of rotatable bonds is 3. The minimum atomic E-state index is 0.147. The van der Waals surface area contributed by atoms with E-state index < -0.39 is 0 Å². The van der Waals surface area contributed by atoms with Gasteiger partial charge in [0.25, 0.3) is 0 Å². The number of halogens is 1. The van der Waals surface area contributed by atoms with Crippen LogP contribution in [-0.2, 0) is 6.54 Å². The molecule has 1 aromatic rings. The highest BCUT2D eigenvalue weighted by Gasteiger charge is 2.16. The molecule has 1 aliphatic heterocycles. The number of thioether (sulfide) groups is 1. The van der Waals surface area contributed by atoms with Gasteiger partial charge < -0.3 is 10.2 Å². The normalized spacial score (nSPS) is 17.1. The molecule has 0 aliphatic carbocycles. The second-order valence-corrected chi connectivity index (χ2v) is 8.47. The van der Waals surface area contributed by atoms with Crippen LogP contribution in [0.3, 0.4) is 0 Å². The second kappa shape index (κ2) is 7.19. The molecule has 20 heavy (non-hydrogen) atoms. The van der Waals surface area contributed by atoms with E-state index in [1.165, 1.54) is 35.7 Å². The number of nitrogens with one attached hydrogen (secondary N) is 1. The van der Waals surface area contributed by atoms with Gasteiger partial charge in [0.2, 0.25) is 0 Å². The Kier molecular flexibility index (Phi) is 5.82. The van der Waals surface area contributed by atoms with Crippen molar-refractivity contribution in [2.45, 2.75) is 39.3 Å². The molecule has 112 valence electrons. The summed E-state index contributed by atoms with van der Waals surface area (Å²) in [5, 5.41) is 3.61. The van der Waals surface area contributed by atoms with Crippen LogP contribution >= 0.6 is 27.7 Å². The van der Waals surface area contributed by atoms with Gasteiger partial charge in [0.05, 0.1) is 0 Å². The maximum atomic E-state index is 3.61. The lowest BCUT2D eigenvalue weighted by atomic mass is 10.1. The predicted octanol–water partition coefficient (Wildman–Crippen LogP) is 4.28. The summed E-state index contributed by atoms with van der Waals surface area (Å²) in [6.07, 6.45) is 1.28. The van der Waals surface area contributed by atoms with Gasteiger partial charge in [0.15, 0.2) is 0 Å². The minimum Gasteiger partial charge on any atom is -0.370 e. The summed E-state index contributed by atoms with van der Waals surface area (Å²) in [5.74, 6) is 2.53. The van der Waals surface area contributed by atoms with Crippen molar-refractivity contribution in [1.29, 1.82) is 0 Å². The van der Waals surface area contributed by atoms with E-state index in [1.54, 1.807) is 0 Å². The van der Waals surface area contributed by atoms with E-state index in [9.17, 15) is 0 Å². The fourth-order valence-electron chi connectivity index (χ4n) is 2.35. The second-order valence-electron chi connectivity index (χ2n) is 6.33. The summed E-state index contributed by atoms with van der Waals surface area (Å²) in [5.41, 5.74) is 2.93. The van der Waals surface area contributed by atoms with E-state index in [0.717, 1.165) is 17.6 Å². The van der Waals surface area contributed by atoms with Crippen LogP contribution in [0.25, 0.3) is 0 Å². The van der Waals surface area contributed by atoms with Crippen molar-refractivity contribution in [1.82, 2.24) is 5.32 Å². The molecule has 0 atom stereocenters. The van der Waals surface area contributed by atoms with Crippen molar-refractivity contribution in [3.63, 3.8) is 0 Å². The number of hydrogen-bond donors (Lipinski definition) is 1. The third-order valence-corrected chi connectivity index (χ3v) is 4.96. The molecule has 1 saturated heterocycles. The van der Waals surface area contributed by atoms with Crippen molar-refractivity contribution in [2.75, 3.05) is 29.5 Å². The summed E-state index contributed by atoms with van der Waals surface area (Å²) in [7, 11) is 0. The first-order valence-electron chi connectivity index (χ1n) is 7.32. The third kappa shape index (κ3) is 4.97. The van der Waals surface area contributed by atoms with Gasteiger partial charge in [-0.1, -0.05) is 15.9 Å². The first kappa shape index (κ1) is 16.2. The molecule has 1 aromatic carbocycles. The van der Waals surface area contributed by atoms with Gasteiger partial charge in [0.1, 0.15) is 0 Å². The summed E-state index contributed by atoms with van der Waals surface area (Å²) in [6.45, 7) is 9.90. The number of anilines is 1. The van der Waals surface area contributed by atoms with Crippen LogP contribution in [0.4, 0.5) is 5.69 Å². The Labute approximate surface area is 135 Å². The highest BCUT2D eigenvalue weighted by Crippen LogP contribution is 2.27. The quantitative estimate of drug-likeness (QED) is 0.869. The van der Waals surface area contributed by atoms with Crippen LogP contribution in [0.15, 0.2) is 22.7 Å². The molecule has 2 nitrogen and oxygen atoms in total. The molecule has 0 unspecified atom stereocenters. The summed E-state index contributed by atoms with van der Waals surface area (Å²) < 4.78 is 1.16. The van der Waals surface area contributed by atoms with Gasteiger partial charge in [0, 0.05) is 41.1 Å². The zero-order valence-corrected chi connectivity index (χ0v) is 15.1. The lowest BCUT2D eigenvalue weighted by Crippen LogP contribution is -2.36. The maximum Gasteiger partial charge on any atom is 0.0412 e. The number of hydrogen-bond acceptors (Lipinski definition) is 3. The fourth-order valence-corrected chi connectivity index (χ4v) is 3.65. The Bertz CT molecular complexity index is 435. The van der Waals surface area contributed by atoms with Crippen LogP contribution < -0.4 is 10.2 Å². The molecule has 0 saturated carbocycles. The van der Waals surface area contributed by atoms with Gasteiger partial charge >= 0.3 is 0 Å². The fraction of sp³-hybridized carbons (Fsp3) is 0.625. The van der Waals surface area contributed by atoms with Gasteiger partial charge in [-0.3, -0.25) is 0 Å². The molecule has 0 amide bonds. The molecule has 1 heterocycles. The highest BCUT2D eigenvalue weighted by atomic mass is 79.9. The molecule has 1 aliphatic rings. The van der Waals surface area contributed by atoms with E-state index in [4.69, 9.17) is 0 Å². The number of benzene rings is 1. The topological polar surface area (TPSA) is 15.3 Å². The van der Waals surface area contributed by atoms with E-state index in [-0.39, 0.29) is 5.54 Å². The Morgan fingerprint density at radius 3 is 2.80 bits per heavy atom. The summed E-state index contributed by atoms with van der Waals surface area (Å²) in [4.78, 5) is 2.55. The zero-order valence-electron chi connectivity index (χ0n) is 12.7. The van der Waals surface area contributed by atoms with Crippen molar-refractivity contribution < 1.29 is 0 Å². The first-order chi connectivity index (χ1) is 9.46. The van der Waals surface area contributed by atoms with Gasteiger partial charge in [-0.15, -0.1) is 0 Å². The maximum absolute atomic E-state index is 3.61. The Hall–Kier alpha value is -0.190. The van der Waals surface area contributed by atoms with Crippen LogP contribution in [0.5, 0.6) is 0 Å². The average Bonchev–Trinajstić information content (AvgIpc) is 2.64. The van der Waals surface area contributed by atoms with E-state index >= 15 is 0 Å². The molecule has 2 rings (SSSR count). The summed E-state index contributed by atoms with van der Waals surface area (Å²) >= 11 is 5.68. The average molecular weight is 357 g/mol. The highest BCUT2D eigenvalue weighted by molar-refractivity contribution is 9.10. The van der Waals surface area contributed by atoms with Crippen molar-refractivity contribution in [2.24, 2.45) is 0 Å². The van der Waals surface area contributed by atoms with Crippen LogP contribution in [-0.4, -0.2) is 30.1 Å². The van der Waals surface area contributed by atoms with E-state index in [1.807, 2.05) is 0 Å². The lowest BCUT2D eigenvalue weighted by Gasteiger charge is -2.27. The van der Waals surface area contributed by atoms with E-state index in [0.29, 0.717) is 0 Å². The monoisotopic (exact) mass is 356 g/mol. The lowest BCUT2D eigenvalue weighted by molar-refractivity contribution is 0.424. The van der Waals surface area contributed by atoms with Gasteiger partial charge in [-0.2, -0.15) is 11.8 Å². The molecular formula is C16H25BrN2S. The largest absolute Gasteiger partial charge is 0.370 e. The zero-order chi connectivity index (χ0) is 14.6. The predicted molar refractivity (Wildman–Crippen MR) is 94.9 cm³/mol. The standard InChI is InChI=1S/C16H25BrN2S/c1-16(2,3)18-12-13-11-14(17)5-6-15(13)19-7-4-9-20-10-8-19/h5-6,11,18H,4,7-10,12H2,1-3H3. The molecule has 1 N–H and O–H groups in total. The first-order valence-corrected chi connectivity index (χ1v) is 9.27. The van der Waals surface area contributed by atoms with Crippen molar-refractivity contribution in [3.05, 3.63) is 28.2 Å². The number of nitrogens with zero attached hydrogens (tertiary/aromatic N) is 1. The van der Waals surface area contributed by atoms with Crippen molar-refractivity contribution in [3.8, 4) is 0 Å². The Balaban J connectivity index is 2.18. The third-order valence-electron chi connectivity index (χ3n) is 3.41. The molecule has 0 radical (unpaired) electrons. The van der Waals surface area contributed by atoms with E-state index in [2.05, 4.69) is 76.9 Å².